The lowest BCUT2D eigenvalue weighted by Gasteiger charge is -2.08. The average molecular weight is 381 g/mol. The van der Waals surface area contributed by atoms with Gasteiger partial charge in [0.05, 0.1) is 5.69 Å². The van der Waals surface area contributed by atoms with Gasteiger partial charge in [-0.05, 0) is 47.9 Å². The summed E-state index contributed by atoms with van der Waals surface area (Å²) in [4.78, 5) is 12.3. The van der Waals surface area contributed by atoms with E-state index in [2.05, 4.69) is 14.6 Å². The zero-order chi connectivity index (χ0) is 19.1. The summed E-state index contributed by atoms with van der Waals surface area (Å²) < 4.78 is 19.6. The number of aromatic nitrogens is 4. The Morgan fingerprint density at radius 2 is 1.81 bits per heavy atom. The molecular formula is C19H16FN5OS. The van der Waals surface area contributed by atoms with Crippen LogP contribution in [-0.4, -0.2) is 24.9 Å². The summed E-state index contributed by atoms with van der Waals surface area (Å²) >= 11 is 1.04. The van der Waals surface area contributed by atoms with Crippen molar-refractivity contribution < 1.29 is 9.18 Å². The number of nitrogens with two attached hydrogens (primary N) is 1. The maximum Gasteiger partial charge on any atom is 0.261 e. The van der Waals surface area contributed by atoms with Gasteiger partial charge in [-0.25, -0.2) is 4.39 Å². The van der Waals surface area contributed by atoms with Crippen molar-refractivity contribution in [3.05, 3.63) is 59.1 Å². The van der Waals surface area contributed by atoms with Crippen LogP contribution in [0.3, 0.4) is 0 Å². The third-order valence-corrected chi connectivity index (χ3v) is 5.13. The maximum atomic E-state index is 13.3. The van der Waals surface area contributed by atoms with Gasteiger partial charge >= 0.3 is 0 Å². The van der Waals surface area contributed by atoms with Gasteiger partial charge in [0.15, 0.2) is 5.65 Å². The third kappa shape index (κ3) is 2.97. The molecule has 1 aromatic carbocycles. The number of rotatable bonds is 4. The number of halogens is 1. The highest BCUT2D eigenvalue weighted by Crippen LogP contribution is 2.37. The molecule has 0 bridgehead atoms. The topological polar surface area (TPSA) is 86.2 Å². The van der Waals surface area contributed by atoms with Crippen molar-refractivity contribution >= 4 is 23.1 Å². The second-order valence-corrected chi connectivity index (χ2v) is 7.24. The molecule has 4 rings (SSSR count). The van der Waals surface area contributed by atoms with E-state index in [-0.39, 0.29) is 11.7 Å². The molecule has 0 radical (unpaired) electrons. The summed E-state index contributed by atoms with van der Waals surface area (Å²) in [5, 5.41) is 8.41. The van der Waals surface area contributed by atoms with Crippen LogP contribution in [0.2, 0.25) is 0 Å². The van der Waals surface area contributed by atoms with Crippen LogP contribution >= 0.6 is 11.5 Å². The number of pyridine rings is 1. The average Bonchev–Trinajstić information content (AvgIpc) is 3.26. The van der Waals surface area contributed by atoms with Gasteiger partial charge in [-0.2, -0.15) is 4.37 Å². The molecule has 0 spiro atoms. The van der Waals surface area contributed by atoms with Crippen LogP contribution in [-0.2, 0) is 0 Å². The van der Waals surface area contributed by atoms with E-state index in [0.717, 1.165) is 28.6 Å². The molecule has 0 aliphatic rings. The van der Waals surface area contributed by atoms with E-state index in [1.165, 1.54) is 12.1 Å². The zero-order valence-corrected chi connectivity index (χ0v) is 15.5. The number of fused-ring (bicyclic) bond motifs is 1. The van der Waals surface area contributed by atoms with E-state index in [1.54, 1.807) is 12.1 Å². The molecular weight excluding hydrogens is 365 g/mol. The van der Waals surface area contributed by atoms with Crippen molar-refractivity contribution in [3.8, 4) is 22.4 Å². The third-order valence-electron chi connectivity index (χ3n) is 4.27. The van der Waals surface area contributed by atoms with Gasteiger partial charge in [0.25, 0.3) is 5.91 Å². The Bertz CT molecular complexity index is 1150. The molecule has 0 saturated heterocycles. The monoisotopic (exact) mass is 381 g/mol. The molecule has 0 fully saturated rings. The van der Waals surface area contributed by atoms with E-state index < -0.39 is 5.91 Å². The smallest absolute Gasteiger partial charge is 0.261 e. The first kappa shape index (κ1) is 17.3. The fraction of sp³-hybridized carbons (Fsp3) is 0.158. The number of carbonyl (C=O) groups is 1. The summed E-state index contributed by atoms with van der Waals surface area (Å²) in [6, 6.07) is 9.69. The summed E-state index contributed by atoms with van der Waals surface area (Å²) in [7, 11) is 0. The quantitative estimate of drug-likeness (QED) is 0.581. The van der Waals surface area contributed by atoms with Gasteiger partial charge in [-0.15, -0.1) is 10.2 Å². The zero-order valence-electron chi connectivity index (χ0n) is 14.7. The molecule has 3 aromatic heterocycles. The fourth-order valence-electron chi connectivity index (χ4n) is 2.98. The van der Waals surface area contributed by atoms with E-state index in [9.17, 15) is 9.18 Å². The summed E-state index contributed by atoms with van der Waals surface area (Å²) in [5.41, 5.74) is 9.00. The van der Waals surface area contributed by atoms with Crippen LogP contribution in [0.1, 0.15) is 35.3 Å². The summed E-state index contributed by atoms with van der Waals surface area (Å²) in [5.74, 6) is 0.115. The second kappa shape index (κ2) is 6.55. The molecule has 27 heavy (non-hydrogen) atoms. The van der Waals surface area contributed by atoms with Crippen molar-refractivity contribution in [1.82, 2.24) is 19.0 Å². The standard InChI is InChI=1S/C19H16FN5OS/c1-10(2)19-23-22-14-8-5-12(9-25(14)19)15-16(24-27-17(15)18(21)26)11-3-6-13(20)7-4-11/h3-10H,1-2H3,(H2,21,26). The van der Waals surface area contributed by atoms with Gasteiger partial charge < -0.3 is 5.73 Å². The van der Waals surface area contributed by atoms with Crippen LogP contribution in [0.25, 0.3) is 28.0 Å². The minimum absolute atomic E-state index is 0.183. The van der Waals surface area contributed by atoms with Gasteiger partial charge in [0, 0.05) is 28.8 Å². The molecule has 4 aromatic rings. The number of benzene rings is 1. The van der Waals surface area contributed by atoms with Gasteiger partial charge in [-0.1, -0.05) is 13.8 Å². The molecule has 3 heterocycles. The van der Waals surface area contributed by atoms with Crippen LogP contribution < -0.4 is 5.73 Å². The van der Waals surface area contributed by atoms with Crippen LogP contribution in [0.5, 0.6) is 0 Å². The van der Waals surface area contributed by atoms with Crippen molar-refractivity contribution in [3.63, 3.8) is 0 Å². The number of hydrogen-bond donors (Lipinski definition) is 1. The Hall–Kier alpha value is -3.13. The number of nitrogens with zero attached hydrogens (tertiary/aromatic N) is 4. The Morgan fingerprint density at radius 1 is 1.11 bits per heavy atom. The normalized spacial score (nSPS) is 11.4. The lowest BCUT2D eigenvalue weighted by atomic mass is 10.0. The van der Waals surface area contributed by atoms with Crippen molar-refractivity contribution in [1.29, 1.82) is 0 Å². The Balaban J connectivity index is 1.96. The first-order chi connectivity index (χ1) is 13.0. The molecule has 0 atom stereocenters. The van der Waals surface area contributed by atoms with Gasteiger partial charge in [-0.3, -0.25) is 9.20 Å². The number of primary amides is 1. The minimum Gasteiger partial charge on any atom is -0.365 e. The summed E-state index contributed by atoms with van der Waals surface area (Å²) in [6.45, 7) is 4.07. The largest absolute Gasteiger partial charge is 0.365 e. The Labute approximate surface area is 158 Å². The minimum atomic E-state index is -0.552. The lowest BCUT2D eigenvalue weighted by molar-refractivity contribution is 0.100. The number of amides is 1. The van der Waals surface area contributed by atoms with E-state index in [0.29, 0.717) is 21.7 Å². The van der Waals surface area contributed by atoms with Crippen LogP contribution in [0.4, 0.5) is 4.39 Å². The van der Waals surface area contributed by atoms with E-state index >= 15 is 0 Å². The highest BCUT2D eigenvalue weighted by atomic mass is 32.1. The Kier molecular flexibility index (Phi) is 4.19. The molecule has 2 N–H and O–H groups in total. The maximum absolute atomic E-state index is 13.3. The fourth-order valence-corrected chi connectivity index (χ4v) is 3.76. The Morgan fingerprint density at radius 3 is 2.48 bits per heavy atom. The number of carbonyl (C=O) groups excluding carboxylic acids is 1. The van der Waals surface area contributed by atoms with Crippen molar-refractivity contribution in [2.75, 3.05) is 0 Å². The van der Waals surface area contributed by atoms with Crippen molar-refractivity contribution in [2.24, 2.45) is 5.73 Å². The van der Waals surface area contributed by atoms with Crippen molar-refractivity contribution in [2.45, 2.75) is 19.8 Å². The first-order valence-corrected chi connectivity index (χ1v) is 9.13. The molecule has 1 amide bonds. The number of hydrogen-bond acceptors (Lipinski definition) is 5. The van der Waals surface area contributed by atoms with Crippen LogP contribution in [0, 0.1) is 5.82 Å². The molecule has 0 saturated carbocycles. The summed E-state index contributed by atoms with van der Waals surface area (Å²) in [6.07, 6.45) is 1.88. The van der Waals surface area contributed by atoms with E-state index in [1.807, 2.05) is 36.6 Å². The van der Waals surface area contributed by atoms with Gasteiger partial charge in [0.2, 0.25) is 0 Å². The SMILES string of the molecule is CC(C)c1nnc2ccc(-c3c(-c4ccc(F)cc4)nsc3C(N)=O)cn12. The molecule has 8 heteroatoms. The highest BCUT2D eigenvalue weighted by Gasteiger charge is 2.22. The molecule has 0 unspecified atom stereocenters. The van der Waals surface area contributed by atoms with Gasteiger partial charge in [0.1, 0.15) is 16.5 Å². The highest BCUT2D eigenvalue weighted by molar-refractivity contribution is 7.09. The lowest BCUT2D eigenvalue weighted by Crippen LogP contribution is -2.10. The molecule has 6 nitrogen and oxygen atoms in total. The second-order valence-electron chi connectivity index (χ2n) is 6.47. The first-order valence-electron chi connectivity index (χ1n) is 8.36. The molecule has 0 aliphatic carbocycles. The van der Waals surface area contributed by atoms with Crippen LogP contribution in [0.15, 0.2) is 42.6 Å². The van der Waals surface area contributed by atoms with E-state index in [4.69, 9.17) is 5.73 Å². The predicted molar refractivity (Wildman–Crippen MR) is 102 cm³/mol. The molecule has 136 valence electrons. The molecule has 0 aliphatic heterocycles. The predicted octanol–water partition coefficient (Wildman–Crippen LogP) is 3.88.